The number of nitrogens with zero attached hydrogens (tertiary/aromatic N) is 1. The lowest BCUT2D eigenvalue weighted by molar-refractivity contribution is -0.167. The highest BCUT2D eigenvalue weighted by Crippen LogP contribution is 2.84. The molecule has 0 aromatic carbocycles. The molecular formula is C21H24BrF2N3O3. The van der Waals surface area contributed by atoms with Crippen molar-refractivity contribution in [2.75, 3.05) is 18.4 Å². The van der Waals surface area contributed by atoms with Crippen LogP contribution < -0.4 is 10.6 Å². The van der Waals surface area contributed by atoms with Crippen LogP contribution in [0.1, 0.15) is 32.1 Å². The van der Waals surface area contributed by atoms with Crippen molar-refractivity contribution >= 4 is 33.5 Å². The Balaban J connectivity index is 1.58. The monoisotopic (exact) mass is 483 g/mol. The fourth-order valence-electron chi connectivity index (χ4n) is 7.37. The summed E-state index contributed by atoms with van der Waals surface area (Å²) in [5.41, 5.74) is -0.979. The maximum atomic E-state index is 15.2. The number of nitrogens with one attached hydrogen (secondary N) is 2. The van der Waals surface area contributed by atoms with E-state index in [4.69, 9.17) is 0 Å². The van der Waals surface area contributed by atoms with Crippen LogP contribution in [-0.2, 0) is 9.59 Å². The van der Waals surface area contributed by atoms with E-state index in [1.54, 1.807) is 12.1 Å². The minimum atomic E-state index is -2.96. The van der Waals surface area contributed by atoms with Gasteiger partial charge in [0.2, 0.25) is 5.91 Å². The lowest BCUT2D eigenvalue weighted by atomic mass is 9.57. The van der Waals surface area contributed by atoms with Gasteiger partial charge in [-0.15, -0.1) is 0 Å². The topological polar surface area (TPSA) is 91.3 Å². The number of amides is 1. The van der Waals surface area contributed by atoms with Gasteiger partial charge in [0.05, 0.1) is 30.3 Å². The van der Waals surface area contributed by atoms with Gasteiger partial charge in [-0.2, -0.15) is 0 Å². The van der Waals surface area contributed by atoms with E-state index in [0.717, 1.165) is 12.8 Å². The van der Waals surface area contributed by atoms with Crippen LogP contribution in [0.15, 0.2) is 22.9 Å². The Morgan fingerprint density at radius 3 is 2.60 bits per heavy atom. The maximum absolute atomic E-state index is 15.2. The summed E-state index contributed by atoms with van der Waals surface area (Å²) in [6.07, 6.45) is 4.33. The fourth-order valence-corrected chi connectivity index (χ4v) is 7.60. The van der Waals surface area contributed by atoms with Crippen LogP contribution in [-0.4, -0.2) is 41.0 Å². The standard InChI is InChI=1S/C21H24BrF2N3O3/c22-14-2-1-11(9-26-14)27-17(28)16-15(18(29)30)12-3-5-20(16,19(12)6-7-19)13-4-8-25-10-21(13,23)24/h1-2,9,12-13,15-16,25H,3-8,10H2,(H,27,28)(H,29,30)/t12-,13?,15-,16+,20-/m1/s1. The molecule has 3 saturated carbocycles. The van der Waals surface area contributed by atoms with Gasteiger partial charge in [0.1, 0.15) is 4.60 Å². The second kappa shape index (κ2) is 6.69. The van der Waals surface area contributed by atoms with E-state index in [2.05, 4.69) is 31.5 Å². The average molecular weight is 484 g/mol. The third-order valence-electron chi connectivity index (χ3n) is 8.31. The van der Waals surface area contributed by atoms with Gasteiger partial charge in [-0.25, -0.2) is 13.8 Å². The first-order valence-electron chi connectivity index (χ1n) is 10.5. The van der Waals surface area contributed by atoms with Crippen LogP contribution in [0.5, 0.6) is 0 Å². The maximum Gasteiger partial charge on any atom is 0.307 e. The van der Waals surface area contributed by atoms with Crippen molar-refractivity contribution in [3.8, 4) is 0 Å². The molecule has 5 atom stereocenters. The molecule has 2 heterocycles. The number of carbonyl (C=O) groups is 2. The lowest BCUT2D eigenvalue weighted by Gasteiger charge is -2.49. The number of carbonyl (C=O) groups excluding carboxylic acids is 1. The minimum Gasteiger partial charge on any atom is -0.481 e. The Bertz CT molecular complexity index is 892. The van der Waals surface area contributed by atoms with Crippen LogP contribution in [0.25, 0.3) is 0 Å². The van der Waals surface area contributed by atoms with Crippen LogP contribution >= 0.6 is 15.9 Å². The number of hydrogen-bond acceptors (Lipinski definition) is 4. The molecule has 3 N–H and O–H groups in total. The van der Waals surface area contributed by atoms with Crippen molar-refractivity contribution < 1.29 is 23.5 Å². The molecular weight excluding hydrogens is 460 g/mol. The first-order chi connectivity index (χ1) is 14.2. The number of hydrogen-bond donors (Lipinski definition) is 3. The zero-order valence-corrected chi connectivity index (χ0v) is 17.9. The predicted octanol–water partition coefficient (Wildman–Crippen LogP) is 3.53. The van der Waals surface area contributed by atoms with Gasteiger partial charge >= 0.3 is 5.97 Å². The summed E-state index contributed by atoms with van der Waals surface area (Å²) in [7, 11) is 0. The molecule has 1 amide bonds. The number of anilines is 1. The van der Waals surface area contributed by atoms with E-state index in [9.17, 15) is 14.7 Å². The molecule has 6 nitrogen and oxygen atoms in total. The molecule has 162 valence electrons. The number of rotatable bonds is 4. The van der Waals surface area contributed by atoms with Crippen LogP contribution in [0, 0.1) is 34.5 Å². The molecule has 30 heavy (non-hydrogen) atoms. The lowest BCUT2D eigenvalue weighted by Crippen LogP contribution is -2.58. The Hall–Kier alpha value is -1.61. The number of alkyl halides is 2. The van der Waals surface area contributed by atoms with Gasteiger partial charge in [0.25, 0.3) is 5.92 Å². The molecule has 5 rings (SSSR count). The van der Waals surface area contributed by atoms with E-state index < -0.39 is 52.9 Å². The van der Waals surface area contributed by atoms with Crippen LogP contribution in [0.3, 0.4) is 0 Å². The van der Waals surface area contributed by atoms with E-state index in [1.807, 2.05) is 0 Å². The molecule has 1 unspecified atom stereocenters. The smallest absolute Gasteiger partial charge is 0.307 e. The highest BCUT2D eigenvalue weighted by atomic mass is 79.9. The molecule has 9 heteroatoms. The number of piperidine rings is 1. The second-order valence-electron chi connectivity index (χ2n) is 9.32. The van der Waals surface area contributed by atoms with E-state index in [1.165, 1.54) is 6.20 Å². The molecule has 3 aliphatic carbocycles. The number of aliphatic carboxylic acids is 1. The summed E-state index contributed by atoms with van der Waals surface area (Å²) >= 11 is 3.24. The average Bonchev–Trinajstić information content (AvgIpc) is 3.39. The molecule has 1 spiro atoms. The van der Waals surface area contributed by atoms with Crippen molar-refractivity contribution in [2.45, 2.75) is 38.0 Å². The highest BCUT2D eigenvalue weighted by Gasteiger charge is 2.82. The third kappa shape index (κ3) is 2.63. The molecule has 1 aromatic heterocycles. The molecule has 1 aromatic rings. The van der Waals surface area contributed by atoms with E-state index in [0.29, 0.717) is 29.7 Å². The normalized spacial score (nSPS) is 37.8. The molecule has 1 aliphatic heterocycles. The first-order valence-corrected chi connectivity index (χ1v) is 11.3. The molecule has 0 radical (unpaired) electrons. The molecule has 2 bridgehead atoms. The van der Waals surface area contributed by atoms with Crippen molar-refractivity contribution in [1.29, 1.82) is 0 Å². The van der Waals surface area contributed by atoms with Gasteiger partial charge < -0.3 is 15.7 Å². The number of pyridine rings is 1. The van der Waals surface area contributed by atoms with Gasteiger partial charge in [-0.05, 0) is 83.5 Å². The summed E-state index contributed by atoms with van der Waals surface area (Å²) in [5, 5.41) is 15.6. The summed E-state index contributed by atoms with van der Waals surface area (Å²) < 4.78 is 31.0. The minimum absolute atomic E-state index is 0.209. The zero-order chi connectivity index (χ0) is 21.3. The number of aromatic nitrogens is 1. The van der Waals surface area contributed by atoms with Crippen molar-refractivity contribution in [1.82, 2.24) is 10.3 Å². The van der Waals surface area contributed by atoms with Crippen LogP contribution in [0.2, 0.25) is 0 Å². The summed E-state index contributed by atoms with van der Waals surface area (Å²) in [6.45, 7) is 0.0499. The predicted molar refractivity (Wildman–Crippen MR) is 108 cm³/mol. The summed E-state index contributed by atoms with van der Waals surface area (Å²) in [4.78, 5) is 29.9. The van der Waals surface area contributed by atoms with Gasteiger partial charge in [0, 0.05) is 5.92 Å². The van der Waals surface area contributed by atoms with Gasteiger partial charge in [-0.3, -0.25) is 9.59 Å². The van der Waals surface area contributed by atoms with Gasteiger partial charge in [0.15, 0.2) is 0 Å². The Kier molecular flexibility index (Phi) is 4.53. The van der Waals surface area contributed by atoms with E-state index >= 15 is 8.78 Å². The largest absolute Gasteiger partial charge is 0.481 e. The second-order valence-corrected chi connectivity index (χ2v) is 10.1. The number of carboxylic acids is 1. The molecule has 1 saturated heterocycles. The first kappa shape index (κ1) is 20.3. The zero-order valence-electron chi connectivity index (χ0n) is 16.3. The third-order valence-corrected chi connectivity index (χ3v) is 8.78. The van der Waals surface area contributed by atoms with E-state index in [-0.39, 0.29) is 12.3 Å². The highest BCUT2D eigenvalue weighted by molar-refractivity contribution is 9.10. The van der Waals surface area contributed by atoms with Crippen molar-refractivity contribution in [3.63, 3.8) is 0 Å². The summed E-state index contributed by atoms with van der Waals surface area (Å²) in [5.74, 6) is -7.55. The van der Waals surface area contributed by atoms with Crippen molar-refractivity contribution in [3.05, 3.63) is 22.9 Å². The van der Waals surface area contributed by atoms with Crippen molar-refractivity contribution in [2.24, 2.45) is 34.5 Å². The molecule has 4 fully saturated rings. The Morgan fingerprint density at radius 1 is 1.23 bits per heavy atom. The van der Waals surface area contributed by atoms with Crippen LogP contribution in [0.4, 0.5) is 14.5 Å². The summed E-state index contributed by atoms with van der Waals surface area (Å²) in [6, 6.07) is 3.33. The Labute approximate surface area is 181 Å². The SMILES string of the molecule is O=C(O)[C@@H]1[C@H]2CC[C@@](C3CCNCC3(F)F)([C@@H]1C(=O)Nc1ccc(Br)nc1)C21CC1. The Morgan fingerprint density at radius 2 is 2.00 bits per heavy atom. The quantitative estimate of drug-likeness (QED) is 0.569. The molecule has 4 aliphatic rings. The number of halogens is 3. The fraction of sp³-hybridized carbons (Fsp3) is 0.667. The van der Waals surface area contributed by atoms with Gasteiger partial charge in [-0.1, -0.05) is 0 Å². The number of carboxylic acid groups (broad SMARTS) is 1.